The van der Waals surface area contributed by atoms with Crippen LogP contribution in [0.25, 0.3) is 0 Å². The molecule has 0 aliphatic carbocycles. The van der Waals surface area contributed by atoms with Crippen LogP contribution in [-0.2, 0) is 20.7 Å². The number of nitrogens with one attached hydrogen (secondary N) is 1. The molecule has 1 rings (SSSR count). The molecule has 0 atom stereocenters. The Kier molecular flexibility index (Phi) is 8.12. The number of nitrogens with zero attached hydrogens (tertiary/aromatic N) is 1. The molecule has 116 valence electrons. The third-order valence-corrected chi connectivity index (χ3v) is 3.32. The number of rotatable bonds is 9. The van der Waals surface area contributed by atoms with Crippen LogP contribution in [0, 0.1) is 0 Å². The van der Waals surface area contributed by atoms with Gasteiger partial charge in [0.25, 0.3) is 0 Å². The minimum atomic E-state index is -0.431. The van der Waals surface area contributed by atoms with Crippen LogP contribution in [0.2, 0.25) is 0 Å². The van der Waals surface area contributed by atoms with Crippen LogP contribution in [0.3, 0.4) is 0 Å². The summed E-state index contributed by atoms with van der Waals surface area (Å²) in [6.45, 7) is 4.53. The summed E-state index contributed by atoms with van der Waals surface area (Å²) < 4.78 is 4.47. The molecule has 0 spiro atoms. The predicted molar refractivity (Wildman–Crippen MR) is 81.9 cm³/mol. The van der Waals surface area contributed by atoms with Crippen molar-refractivity contribution in [2.24, 2.45) is 0 Å². The number of benzene rings is 1. The van der Waals surface area contributed by atoms with E-state index in [1.807, 2.05) is 18.2 Å². The topological polar surface area (TPSA) is 58.6 Å². The Hall–Kier alpha value is -1.88. The first-order valence-corrected chi connectivity index (χ1v) is 7.25. The Balaban J connectivity index is 2.24. The lowest BCUT2D eigenvalue weighted by atomic mass is 10.1. The van der Waals surface area contributed by atoms with Gasteiger partial charge in [-0.3, -0.25) is 9.59 Å². The zero-order chi connectivity index (χ0) is 15.5. The van der Waals surface area contributed by atoms with Gasteiger partial charge in [0, 0.05) is 19.5 Å². The summed E-state index contributed by atoms with van der Waals surface area (Å²) in [5.74, 6) is -0.557. The molecule has 0 bridgehead atoms. The fourth-order valence-electron chi connectivity index (χ4n) is 1.95. The van der Waals surface area contributed by atoms with Crippen molar-refractivity contribution in [1.82, 2.24) is 10.2 Å². The molecule has 0 heterocycles. The van der Waals surface area contributed by atoms with Gasteiger partial charge in [-0.1, -0.05) is 37.3 Å². The largest absolute Gasteiger partial charge is 0.468 e. The Bertz CT molecular complexity index is 434. The zero-order valence-electron chi connectivity index (χ0n) is 12.8. The molecule has 1 N–H and O–H groups in total. The molecule has 5 nitrogen and oxygen atoms in total. The molecule has 0 aliphatic heterocycles. The number of amides is 1. The summed E-state index contributed by atoms with van der Waals surface area (Å²) in [4.78, 5) is 24.8. The summed E-state index contributed by atoms with van der Waals surface area (Å²) >= 11 is 0. The summed E-state index contributed by atoms with van der Waals surface area (Å²) in [6, 6.07) is 10.3. The molecule has 5 heteroatoms. The molecule has 0 unspecified atom stereocenters. The predicted octanol–water partition coefficient (Wildman–Crippen LogP) is 1.23. The highest BCUT2D eigenvalue weighted by Crippen LogP contribution is 2.02. The highest BCUT2D eigenvalue weighted by Gasteiger charge is 2.08. The lowest BCUT2D eigenvalue weighted by Crippen LogP contribution is -2.34. The molecule has 1 amide bonds. The maximum atomic E-state index is 11.6. The fourth-order valence-corrected chi connectivity index (χ4v) is 1.95. The lowest BCUT2D eigenvalue weighted by Gasteiger charge is -2.20. The standard InChI is InChI=1S/C16H24N2O3/c1-3-18(11-9-14-7-5-4-6-8-14)12-10-15(19)17-13-16(20)21-2/h4-8H,3,9-13H2,1-2H3,(H,17,19). The van der Waals surface area contributed by atoms with Crippen molar-refractivity contribution in [2.45, 2.75) is 19.8 Å². The summed E-state index contributed by atoms with van der Waals surface area (Å²) in [6.07, 6.45) is 1.36. The van der Waals surface area contributed by atoms with Gasteiger partial charge in [0.05, 0.1) is 7.11 Å². The summed E-state index contributed by atoms with van der Waals surface area (Å²) in [7, 11) is 1.30. The average molecular weight is 292 g/mol. The zero-order valence-corrected chi connectivity index (χ0v) is 12.8. The van der Waals surface area contributed by atoms with Crippen LogP contribution in [0.5, 0.6) is 0 Å². The van der Waals surface area contributed by atoms with E-state index < -0.39 is 5.97 Å². The Morgan fingerprint density at radius 1 is 1.19 bits per heavy atom. The van der Waals surface area contributed by atoms with Crippen molar-refractivity contribution in [3.8, 4) is 0 Å². The van der Waals surface area contributed by atoms with Gasteiger partial charge >= 0.3 is 5.97 Å². The quantitative estimate of drug-likeness (QED) is 0.696. The number of likely N-dealkylation sites (N-methyl/N-ethyl adjacent to an activating group) is 1. The normalized spacial score (nSPS) is 10.4. The van der Waals surface area contributed by atoms with Crippen molar-refractivity contribution in [3.05, 3.63) is 35.9 Å². The minimum Gasteiger partial charge on any atom is -0.468 e. The number of hydrogen-bond acceptors (Lipinski definition) is 4. The Labute approximate surface area is 126 Å². The van der Waals surface area contributed by atoms with Gasteiger partial charge in [0.15, 0.2) is 0 Å². The van der Waals surface area contributed by atoms with Crippen LogP contribution < -0.4 is 5.32 Å². The smallest absolute Gasteiger partial charge is 0.325 e. The van der Waals surface area contributed by atoms with E-state index in [1.54, 1.807) is 0 Å². The van der Waals surface area contributed by atoms with Crippen LogP contribution in [-0.4, -0.2) is 50.1 Å². The van der Waals surface area contributed by atoms with E-state index in [1.165, 1.54) is 12.7 Å². The Morgan fingerprint density at radius 3 is 2.52 bits per heavy atom. The monoisotopic (exact) mass is 292 g/mol. The van der Waals surface area contributed by atoms with Gasteiger partial charge < -0.3 is 15.0 Å². The average Bonchev–Trinajstić information content (AvgIpc) is 2.53. The van der Waals surface area contributed by atoms with Crippen molar-refractivity contribution < 1.29 is 14.3 Å². The van der Waals surface area contributed by atoms with Crippen molar-refractivity contribution >= 4 is 11.9 Å². The van der Waals surface area contributed by atoms with E-state index in [4.69, 9.17) is 0 Å². The highest BCUT2D eigenvalue weighted by molar-refractivity contribution is 5.81. The molecule has 1 aromatic carbocycles. The molecule has 21 heavy (non-hydrogen) atoms. The van der Waals surface area contributed by atoms with E-state index in [0.29, 0.717) is 13.0 Å². The molecule has 0 radical (unpaired) electrons. The maximum Gasteiger partial charge on any atom is 0.325 e. The first kappa shape index (κ1) is 17.2. The number of ether oxygens (including phenoxy) is 1. The van der Waals surface area contributed by atoms with Gasteiger partial charge in [-0.25, -0.2) is 0 Å². The number of esters is 1. The molecular weight excluding hydrogens is 268 g/mol. The maximum absolute atomic E-state index is 11.6. The van der Waals surface area contributed by atoms with Crippen LogP contribution in [0.1, 0.15) is 18.9 Å². The number of hydrogen-bond donors (Lipinski definition) is 1. The van der Waals surface area contributed by atoms with Crippen molar-refractivity contribution in [1.29, 1.82) is 0 Å². The van der Waals surface area contributed by atoms with Gasteiger partial charge in [0.2, 0.25) is 5.91 Å². The summed E-state index contributed by atoms with van der Waals surface area (Å²) in [5.41, 5.74) is 1.30. The van der Waals surface area contributed by atoms with Crippen molar-refractivity contribution in [3.63, 3.8) is 0 Å². The molecule has 0 saturated heterocycles. The first-order chi connectivity index (χ1) is 10.2. The van der Waals surface area contributed by atoms with E-state index in [2.05, 4.69) is 34.0 Å². The Morgan fingerprint density at radius 2 is 1.90 bits per heavy atom. The fraction of sp³-hybridized carbons (Fsp3) is 0.500. The van der Waals surface area contributed by atoms with Crippen LogP contribution in [0.4, 0.5) is 0 Å². The number of carbonyl (C=O) groups excluding carboxylic acids is 2. The van der Waals surface area contributed by atoms with Crippen LogP contribution in [0.15, 0.2) is 30.3 Å². The molecule has 0 fully saturated rings. The van der Waals surface area contributed by atoms with E-state index >= 15 is 0 Å². The third kappa shape index (κ3) is 7.46. The number of methoxy groups -OCH3 is 1. The van der Waals surface area contributed by atoms with Gasteiger partial charge in [-0.15, -0.1) is 0 Å². The molecular formula is C16H24N2O3. The van der Waals surface area contributed by atoms with Gasteiger partial charge in [-0.05, 0) is 18.5 Å². The van der Waals surface area contributed by atoms with Crippen molar-refractivity contribution in [2.75, 3.05) is 33.3 Å². The molecule has 0 aromatic heterocycles. The highest BCUT2D eigenvalue weighted by atomic mass is 16.5. The SMILES string of the molecule is CCN(CCC(=O)NCC(=O)OC)CCc1ccccc1. The second-order valence-electron chi connectivity index (χ2n) is 4.77. The second kappa shape index (κ2) is 9.94. The molecule has 1 aromatic rings. The molecule has 0 saturated carbocycles. The van der Waals surface area contributed by atoms with E-state index in [-0.39, 0.29) is 12.5 Å². The lowest BCUT2D eigenvalue weighted by molar-refractivity contribution is -0.141. The number of carbonyl (C=O) groups is 2. The van der Waals surface area contributed by atoms with E-state index in [9.17, 15) is 9.59 Å². The van der Waals surface area contributed by atoms with Gasteiger partial charge in [-0.2, -0.15) is 0 Å². The third-order valence-electron chi connectivity index (χ3n) is 3.32. The van der Waals surface area contributed by atoms with E-state index in [0.717, 1.165) is 19.5 Å². The first-order valence-electron chi connectivity index (χ1n) is 7.25. The molecule has 0 aliphatic rings. The van der Waals surface area contributed by atoms with Crippen LogP contribution >= 0.6 is 0 Å². The minimum absolute atomic E-state index is 0.0640. The van der Waals surface area contributed by atoms with Gasteiger partial charge in [0.1, 0.15) is 6.54 Å². The summed E-state index contributed by atoms with van der Waals surface area (Å²) in [5, 5.41) is 2.55. The second-order valence-corrected chi connectivity index (χ2v) is 4.77.